The van der Waals surface area contributed by atoms with Gasteiger partial charge in [0.1, 0.15) is 33.3 Å². The van der Waals surface area contributed by atoms with Crippen LogP contribution >= 0.6 is 0 Å². The molecule has 0 bridgehead atoms. The molecule has 6 rings (SSSR count). The maximum absolute atomic E-state index is 12.4. The maximum atomic E-state index is 12.4. The van der Waals surface area contributed by atoms with Crippen LogP contribution in [0.25, 0.3) is 11.4 Å². The first kappa shape index (κ1) is 54.4. The highest BCUT2D eigenvalue weighted by atomic mass is 32.2. The van der Waals surface area contributed by atoms with Crippen LogP contribution in [-0.4, -0.2) is 61.1 Å². The van der Waals surface area contributed by atoms with Crippen molar-refractivity contribution in [3.8, 4) is 11.4 Å². The van der Waals surface area contributed by atoms with Gasteiger partial charge in [-0.1, -0.05) is 86.1 Å². The minimum absolute atomic E-state index is 0.178. The van der Waals surface area contributed by atoms with Crippen LogP contribution < -0.4 is 9.13 Å². The third-order valence-electron chi connectivity index (χ3n) is 10.5. The fraction of sp³-hybridized carbons (Fsp3) is 0.346. The quantitative estimate of drug-likeness (QED) is 0.0256. The van der Waals surface area contributed by atoms with E-state index in [0.717, 1.165) is 62.7 Å². The highest BCUT2D eigenvalue weighted by Crippen LogP contribution is 2.17. The number of hydrogen-bond acceptors (Lipinski definition) is 12. The monoisotopic (exact) mass is 966 g/mol. The summed E-state index contributed by atoms with van der Waals surface area (Å²) in [5.74, 6) is -0.737. The minimum atomic E-state index is -4.27. The molecular weight excluding hydrogens is 905 g/mol. The number of pyridine rings is 4. The zero-order valence-electron chi connectivity index (χ0n) is 38.9. The molecule has 16 heteroatoms. The largest absolute Gasteiger partial charge is 0.744 e. The lowest BCUT2D eigenvalue weighted by atomic mass is 10.1. The molecule has 4 aromatic heterocycles. The number of aryl methyl sites for hydroxylation is 4. The molecule has 14 nitrogen and oxygen atoms in total. The van der Waals surface area contributed by atoms with Crippen molar-refractivity contribution in [2.75, 3.05) is 13.2 Å². The molecule has 4 heterocycles. The van der Waals surface area contributed by atoms with E-state index in [2.05, 4.69) is 68.2 Å². The molecule has 2 aromatic carbocycles. The SMILES string of the molecule is Cc1ccc(S(=O)(=O)[O-])cc1.Cc1ccc(S(=O)(=O)[O-])cc1.O=C(OCCCCCCCC[n+]1ccccc1)c1ccc(-c2ccc(C(=O)OCCCCCCCC[n+]3ccccc3)cn2)nc1. The van der Waals surface area contributed by atoms with Crippen LogP contribution in [0.15, 0.2) is 156 Å². The van der Waals surface area contributed by atoms with E-state index < -0.39 is 20.2 Å². The molecule has 0 N–H and O–H groups in total. The second-order valence-corrected chi connectivity index (χ2v) is 18.9. The fourth-order valence-electron chi connectivity index (χ4n) is 6.61. The molecule has 0 radical (unpaired) electrons. The summed E-state index contributed by atoms with van der Waals surface area (Å²) < 4.78 is 77.6. The van der Waals surface area contributed by atoms with Crippen LogP contribution in [0.2, 0.25) is 0 Å². The van der Waals surface area contributed by atoms with Crippen molar-refractivity contribution >= 4 is 32.2 Å². The van der Waals surface area contributed by atoms with E-state index in [1.54, 1.807) is 48.5 Å². The highest BCUT2D eigenvalue weighted by Gasteiger charge is 2.12. The van der Waals surface area contributed by atoms with Crippen molar-refractivity contribution in [1.82, 2.24) is 9.97 Å². The van der Waals surface area contributed by atoms with Crippen molar-refractivity contribution in [3.63, 3.8) is 0 Å². The summed E-state index contributed by atoms with van der Waals surface area (Å²) in [4.78, 5) is 33.3. The molecule has 0 unspecified atom stereocenters. The summed E-state index contributed by atoms with van der Waals surface area (Å²) in [5.41, 5.74) is 3.91. The van der Waals surface area contributed by atoms with E-state index in [9.17, 15) is 35.5 Å². The van der Waals surface area contributed by atoms with E-state index in [1.807, 2.05) is 26.0 Å². The lowest BCUT2D eigenvalue weighted by Gasteiger charge is -2.07. The molecule has 0 aliphatic heterocycles. The molecule has 0 fully saturated rings. The summed E-state index contributed by atoms with van der Waals surface area (Å²) in [6, 6.07) is 30.7. The van der Waals surface area contributed by atoms with Crippen molar-refractivity contribution in [1.29, 1.82) is 0 Å². The zero-order chi connectivity index (χ0) is 49.0. The number of ether oxygens (including phenoxy) is 2. The van der Waals surface area contributed by atoms with Crippen LogP contribution in [0.4, 0.5) is 0 Å². The Morgan fingerprint density at radius 3 is 1.09 bits per heavy atom. The van der Waals surface area contributed by atoms with E-state index >= 15 is 0 Å². The molecule has 0 amide bonds. The molecule has 68 heavy (non-hydrogen) atoms. The molecule has 0 spiro atoms. The van der Waals surface area contributed by atoms with Gasteiger partial charge in [-0.05, 0) is 88.1 Å². The normalized spacial score (nSPS) is 11.1. The predicted octanol–water partition coefficient (Wildman–Crippen LogP) is 8.91. The number of aromatic nitrogens is 4. The summed E-state index contributed by atoms with van der Waals surface area (Å²) in [5, 5.41) is 0. The Morgan fingerprint density at radius 2 is 0.779 bits per heavy atom. The van der Waals surface area contributed by atoms with Crippen LogP contribution in [0.5, 0.6) is 0 Å². The maximum Gasteiger partial charge on any atom is 0.339 e. The first-order valence-corrected chi connectivity index (χ1v) is 25.7. The third-order valence-corrected chi connectivity index (χ3v) is 12.2. The average molecular weight is 967 g/mol. The number of hydrogen-bond donors (Lipinski definition) is 0. The number of unbranched alkanes of at least 4 members (excludes halogenated alkanes) is 10. The van der Waals surface area contributed by atoms with Gasteiger partial charge < -0.3 is 18.6 Å². The fourth-order valence-corrected chi connectivity index (χ4v) is 7.55. The summed E-state index contributed by atoms with van der Waals surface area (Å²) >= 11 is 0. The smallest absolute Gasteiger partial charge is 0.339 e. The van der Waals surface area contributed by atoms with Gasteiger partial charge >= 0.3 is 11.9 Å². The van der Waals surface area contributed by atoms with Crippen molar-refractivity contribution < 1.29 is 54.1 Å². The Labute approximate surface area is 401 Å². The van der Waals surface area contributed by atoms with Gasteiger partial charge in [0.15, 0.2) is 24.8 Å². The van der Waals surface area contributed by atoms with Gasteiger partial charge in [0.2, 0.25) is 0 Å². The van der Waals surface area contributed by atoms with Gasteiger partial charge in [-0.3, -0.25) is 9.97 Å². The molecule has 362 valence electrons. The van der Waals surface area contributed by atoms with Gasteiger partial charge in [0.05, 0.1) is 45.5 Å². The molecule has 0 atom stereocenters. The standard InChI is InChI=1S/C38H48N4O4.2C7H8O3S/c43-37(45-29-17-7-3-1-5-11-23-41-25-13-9-14-26-41)33-19-21-35(39-31-33)36-22-20-34(32-40-36)38(44)46-30-18-8-4-2-6-12-24-42-27-15-10-16-28-42;2*1-6-2-4-7(5-3-6)11(8,9)10/h9-10,13-16,19-22,25-28,31-32H,1-8,11-12,17-18,23-24,29-30H2;2*2-5H,1H3,(H,8,9,10)/q+2;;/p-2. The van der Waals surface area contributed by atoms with Crippen LogP contribution in [0, 0.1) is 13.8 Å². The molecule has 0 aliphatic carbocycles. The van der Waals surface area contributed by atoms with Crippen LogP contribution in [0.1, 0.15) is 109 Å². The number of carbonyl (C=O) groups excluding carboxylic acids is 2. The predicted molar refractivity (Wildman–Crippen MR) is 255 cm³/mol. The topological polar surface area (TPSA) is 201 Å². The highest BCUT2D eigenvalue weighted by molar-refractivity contribution is 7.86. The van der Waals surface area contributed by atoms with E-state index in [1.165, 1.54) is 75.2 Å². The molecule has 0 saturated carbocycles. The summed E-state index contributed by atoms with van der Waals surface area (Å²) in [6.45, 7) is 6.57. The number of nitrogens with zero attached hydrogens (tertiary/aromatic N) is 4. The van der Waals surface area contributed by atoms with Crippen molar-refractivity contribution in [2.45, 2.75) is 114 Å². The number of rotatable bonds is 23. The Hall–Kier alpha value is -6.20. The third kappa shape index (κ3) is 21.6. The molecule has 0 saturated heterocycles. The van der Waals surface area contributed by atoms with Crippen molar-refractivity contribution in [3.05, 3.63) is 169 Å². The number of esters is 2. The Bertz CT molecular complexity index is 2420. The van der Waals surface area contributed by atoms with Crippen molar-refractivity contribution in [2.24, 2.45) is 0 Å². The van der Waals surface area contributed by atoms with Gasteiger partial charge in [-0.2, -0.15) is 0 Å². The summed E-state index contributed by atoms with van der Waals surface area (Å²) in [7, 11) is -8.54. The van der Waals surface area contributed by atoms with Gasteiger partial charge in [-0.15, -0.1) is 0 Å². The summed E-state index contributed by atoms with van der Waals surface area (Å²) in [6.07, 6.45) is 24.7. The minimum Gasteiger partial charge on any atom is -0.744 e. The van der Waals surface area contributed by atoms with E-state index in [0.29, 0.717) is 35.7 Å². The second kappa shape index (κ2) is 29.5. The molecule has 0 aliphatic rings. The number of carbonyl (C=O) groups is 2. The first-order valence-electron chi connectivity index (χ1n) is 22.9. The Morgan fingerprint density at radius 1 is 0.456 bits per heavy atom. The Kier molecular flexibility index (Phi) is 23.6. The second-order valence-electron chi connectivity index (χ2n) is 16.1. The molecular formula is C52H62N4O10S2. The molecule has 6 aromatic rings. The van der Waals surface area contributed by atoms with Crippen LogP contribution in [-0.2, 0) is 42.8 Å². The Balaban J connectivity index is 0.000000371. The van der Waals surface area contributed by atoms with Gasteiger partial charge in [-0.25, -0.2) is 35.6 Å². The average Bonchev–Trinajstić information content (AvgIpc) is 3.33. The zero-order valence-corrected chi connectivity index (χ0v) is 40.5. The van der Waals surface area contributed by atoms with Crippen LogP contribution in [0.3, 0.4) is 0 Å². The lowest BCUT2D eigenvalue weighted by Crippen LogP contribution is -2.32. The van der Waals surface area contributed by atoms with E-state index in [-0.39, 0.29) is 21.7 Å². The van der Waals surface area contributed by atoms with E-state index in [4.69, 9.17) is 9.47 Å². The van der Waals surface area contributed by atoms with Gasteiger partial charge in [0, 0.05) is 49.5 Å². The first-order chi connectivity index (χ1) is 32.7. The lowest BCUT2D eigenvalue weighted by molar-refractivity contribution is -0.697. The number of benzene rings is 2. The van der Waals surface area contributed by atoms with Gasteiger partial charge in [0.25, 0.3) is 0 Å².